The summed E-state index contributed by atoms with van der Waals surface area (Å²) in [6.07, 6.45) is 6.62. The fraction of sp³-hybridized carbons (Fsp3) is 0.444. The highest BCUT2D eigenvalue weighted by Gasteiger charge is 2.07. The molecule has 0 bridgehead atoms. The minimum atomic E-state index is 0.458. The van der Waals surface area contributed by atoms with Crippen LogP contribution >= 0.6 is 0 Å². The predicted molar refractivity (Wildman–Crippen MR) is 42.6 cm³/mol. The van der Waals surface area contributed by atoms with Gasteiger partial charge in [-0.05, 0) is 18.9 Å². The molecule has 0 aromatic heterocycles. The molecule has 1 aliphatic rings. The maximum absolute atomic E-state index is 8.46. The molecular weight excluding hydrogens is 138 g/mol. The number of hydrogen-bond acceptors (Lipinski definition) is 2. The zero-order chi connectivity index (χ0) is 8.10. The van der Waals surface area contributed by atoms with Crippen LogP contribution in [0.3, 0.4) is 0 Å². The van der Waals surface area contributed by atoms with Crippen LogP contribution in [0.25, 0.3) is 0 Å². The van der Waals surface area contributed by atoms with Crippen molar-refractivity contribution in [1.29, 1.82) is 5.26 Å². The molecule has 2 heteroatoms. The van der Waals surface area contributed by atoms with Gasteiger partial charge in [-0.1, -0.05) is 6.08 Å². The average Bonchev–Trinajstić information content (AvgIpc) is 2.06. The molecule has 0 fully saturated rings. The third-order valence-electron chi connectivity index (χ3n) is 1.69. The molecule has 0 aromatic carbocycles. The maximum atomic E-state index is 8.46. The summed E-state index contributed by atoms with van der Waals surface area (Å²) in [4.78, 5) is 0. The van der Waals surface area contributed by atoms with E-state index in [-0.39, 0.29) is 0 Å². The van der Waals surface area contributed by atoms with E-state index in [2.05, 4.69) is 12.1 Å². The van der Waals surface area contributed by atoms with Gasteiger partial charge in [-0.3, -0.25) is 0 Å². The highest BCUT2D eigenvalue weighted by atomic mass is 16.5. The van der Waals surface area contributed by atoms with E-state index in [1.54, 1.807) is 7.11 Å². The second kappa shape index (κ2) is 3.82. The number of hydrogen-bond donors (Lipinski definition) is 0. The fourth-order valence-electron chi connectivity index (χ4n) is 1.16. The van der Waals surface area contributed by atoms with E-state index < -0.39 is 0 Å². The maximum Gasteiger partial charge on any atom is 0.118 e. The summed E-state index contributed by atoms with van der Waals surface area (Å²) in [6.45, 7) is 0. The van der Waals surface area contributed by atoms with Crippen molar-refractivity contribution in [3.63, 3.8) is 0 Å². The summed E-state index contributed by atoms with van der Waals surface area (Å²) in [7, 11) is 1.64. The lowest BCUT2D eigenvalue weighted by Gasteiger charge is -2.11. The third-order valence-corrected chi connectivity index (χ3v) is 1.69. The molecule has 58 valence electrons. The lowest BCUT2D eigenvalue weighted by atomic mass is 10.0. The lowest BCUT2D eigenvalue weighted by Crippen LogP contribution is -1.96. The minimum Gasteiger partial charge on any atom is -0.497 e. The van der Waals surface area contributed by atoms with Crippen LogP contribution < -0.4 is 0 Å². The monoisotopic (exact) mass is 149 g/mol. The molecule has 0 amide bonds. The van der Waals surface area contributed by atoms with Crippen LogP contribution in [0.5, 0.6) is 0 Å². The molecule has 0 N–H and O–H groups in total. The normalized spacial score (nSPS) is 16.4. The van der Waals surface area contributed by atoms with Crippen molar-refractivity contribution in [1.82, 2.24) is 0 Å². The summed E-state index contributed by atoms with van der Waals surface area (Å²) < 4.78 is 5.10. The summed E-state index contributed by atoms with van der Waals surface area (Å²) in [5.41, 5.74) is 1.03. The van der Waals surface area contributed by atoms with Gasteiger partial charge in [0.25, 0.3) is 0 Å². The Morgan fingerprint density at radius 1 is 1.55 bits per heavy atom. The topological polar surface area (TPSA) is 33.0 Å². The number of rotatable bonds is 2. The molecule has 0 unspecified atom stereocenters. The fourth-order valence-corrected chi connectivity index (χ4v) is 1.16. The molecule has 0 atom stereocenters. The van der Waals surface area contributed by atoms with Crippen LogP contribution in [-0.4, -0.2) is 7.11 Å². The van der Waals surface area contributed by atoms with Crippen molar-refractivity contribution in [2.24, 2.45) is 0 Å². The van der Waals surface area contributed by atoms with E-state index in [0.717, 1.165) is 24.2 Å². The first kappa shape index (κ1) is 7.87. The van der Waals surface area contributed by atoms with E-state index >= 15 is 0 Å². The molecule has 0 radical (unpaired) electrons. The third kappa shape index (κ3) is 1.84. The van der Waals surface area contributed by atoms with E-state index in [0.29, 0.717) is 6.42 Å². The van der Waals surface area contributed by atoms with E-state index in [1.807, 2.05) is 6.08 Å². The van der Waals surface area contributed by atoms with Crippen molar-refractivity contribution in [3.8, 4) is 6.07 Å². The molecule has 0 aromatic rings. The lowest BCUT2D eigenvalue weighted by molar-refractivity contribution is 0.296. The Labute approximate surface area is 66.8 Å². The second-order valence-electron chi connectivity index (χ2n) is 2.41. The number of methoxy groups -OCH3 is 1. The van der Waals surface area contributed by atoms with Gasteiger partial charge in [0.05, 0.1) is 19.6 Å². The van der Waals surface area contributed by atoms with Crippen LogP contribution in [0.15, 0.2) is 23.5 Å². The molecular formula is C9H11NO. The van der Waals surface area contributed by atoms with E-state index in [9.17, 15) is 0 Å². The van der Waals surface area contributed by atoms with Gasteiger partial charge in [-0.25, -0.2) is 0 Å². The highest BCUT2D eigenvalue weighted by molar-refractivity contribution is 5.31. The molecule has 1 rings (SSSR count). The van der Waals surface area contributed by atoms with Crippen molar-refractivity contribution in [3.05, 3.63) is 23.5 Å². The van der Waals surface area contributed by atoms with Crippen LogP contribution in [0.1, 0.15) is 19.3 Å². The van der Waals surface area contributed by atoms with E-state index in [4.69, 9.17) is 10.00 Å². The summed E-state index contributed by atoms with van der Waals surface area (Å²) in [6, 6.07) is 2.11. The Hall–Kier alpha value is -1.23. The average molecular weight is 149 g/mol. The first-order valence-corrected chi connectivity index (χ1v) is 3.69. The smallest absolute Gasteiger partial charge is 0.118 e. The number of allylic oxidation sites excluding steroid dienone is 3. The van der Waals surface area contributed by atoms with Gasteiger partial charge in [-0.15, -0.1) is 0 Å². The van der Waals surface area contributed by atoms with Gasteiger partial charge in [0.15, 0.2) is 0 Å². The Kier molecular flexibility index (Phi) is 2.74. The van der Waals surface area contributed by atoms with Crippen molar-refractivity contribution in [2.45, 2.75) is 19.3 Å². The SMILES string of the molecule is COC1=CCCC=C1CC#N. The second-order valence-corrected chi connectivity index (χ2v) is 2.41. The number of ether oxygens (including phenoxy) is 1. The molecule has 0 aliphatic heterocycles. The van der Waals surface area contributed by atoms with Gasteiger partial charge in [0.1, 0.15) is 5.76 Å². The Morgan fingerprint density at radius 3 is 2.91 bits per heavy atom. The van der Waals surface area contributed by atoms with Crippen LogP contribution in [0, 0.1) is 11.3 Å². The standard InChI is InChI=1S/C9H11NO/c1-11-9-5-3-2-4-8(9)6-7-10/h4-5H,2-3,6H2,1H3. The van der Waals surface area contributed by atoms with E-state index in [1.165, 1.54) is 0 Å². The van der Waals surface area contributed by atoms with Crippen LogP contribution in [0.4, 0.5) is 0 Å². The van der Waals surface area contributed by atoms with Crippen LogP contribution in [-0.2, 0) is 4.74 Å². The molecule has 0 heterocycles. The molecule has 2 nitrogen and oxygen atoms in total. The zero-order valence-corrected chi connectivity index (χ0v) is 6.63. The van der Waals surface area contributed by atoms with Gasteiger partial charge in [0, 0.05) is 5.57 Å². The largest absolute Gasteiger partial charge is 0.497 e. The predicted octanol–water partition coefficient (Wildman–Crippen LogP) is 2.15. The first-order valence-electron chi connectivity index (χ1n) is 3.69. The minimum absolute atomic E-state index is 0.458. The highest BCUT2D eigenvalue weighted by Crippen LogP contribution is 2.21. The first-order chi connectivity index (χ1) is 5.38. The van der Waals surface area contributed by atoms with Gasteiger partial charge in [-0.2, -0.15) is 5.26 Å². The summed E-state index contributed by atoms with van der Waals surface area (Å²) in [5, 5.41) is 8.46. The summed E-state index contributed by atoms with van der Waals surface area (Å²) >= 11 is 0. The number of nitriles is 1. The Morgan fingerprint density at radius 2 is 2.27 bits per heavy atom. The number of nitrogens with zero attached hydrogens (tertiary/aromatic N) is 1. The molecule has 0 saturated heterocycles. The molecule has 0 spiro atoms. The Bertz CT molecular complexity index is 232. The van der Waals surface area contributed by atoms with Crippen LogP contribution in [0.2, 0.25) is 0 Å². The van der Waals surface area contributed by atoms with Gasteiger partial charge in [0.2, 0.25) is 0 Å². The molecule has 0 saturated carbocycles. The summed E-state index contributed by atoms with van der Waals surface area (Å²) in [5.74, 6) is 0.873. The van der Waals surface area contributed by atoms with Gasteiger partial charge >= 0.3 is 0 Å². The Balaban J connectivity index is 2.69. The zero-order valence-electron chi connectivity index (χ0n) is 6.63. The molecule has 1 aliphatic carbocycles. The van der Waals surface area contributed by atoms with Crippen molar-refractivity contribution < 1.29 is 4.74 Å². The van der Waals surface area contributed by atoms with Gasteiger partial charge < -0.3 is 4.74 Å². The van der Waals surface area contributed by atoms with Crippen molar-refractivity contribution in [2.75, 3.05) is 7.11 Å². The molecule has 11 heavy (non-hydrogen) atoms. The quantitative estimate of drug-likeness (QED) is 0.602. The van der Waals surface area contributed by atoms with Crippen molar-refractivity contribution >= 4 is 0 Å².